The van der Waals surface area contributed by atoms with Gasteiger partial charge in [-0.1, -0.05) is 26.0 Å². The van der Waals surface area contributed by atoms with Crippen LogP contribution in [0.4, 0.5) is 5.69 Å². The molecule has 1 N–H and O–H groups in total. The van der Waals surface area contributed by atoms with Crippen LogP contribution in [0, 0.1) is 5.92 Å². The topological polar surface area (TPSA) is 83.6 Å². The van der Waals surface area contributed by atoms with Crippen LogP contribution in [0.3, 0.4) is 0 Å². The van der Waals surface area contributed by atoms with E-state index < -0.39 is 10.0 Å². The number of amides is 1. The summed E-state index contributed by atoms with van der Waals surface area (Å²) in [6.45, 7) is 6.26. The van der Waals surface area contributed by atoms with E-state index in [0.717, 1.165) is 5.56 Å². The Hall–Kier alpha value is -2.51. The molecule has 2 aromatic rings. The lowest BCUT2D eigenvalue weighted by Gasteiger charge is -2.30. The monoisotopic (exact) mass is 428 g/mol. The Morgan fingerprint density at radius 1 is 0.967 bits per heavy atom. The number of rotatable bonds is 6. The predicted molar refractivity (Wildman–Crippen MR) is 117 cm³/mol. The molecule has 6 nitrogen and oxygen atoms in total. The van der Waals surface area contributed by atoms with Crippen molar-refractivity contribution in [2.24, 2.45) is 5.92 Å². The van der Waals surface area contributed by atoms with Crippen molar-refractivity contribution in [3.8, 4) is 0 Å². The second-order valence-electron chi connectivity index (χ2n) is 8.02. The molecule has 1 aliphatic rings. The first-order chi connectivity index (χ1) is 14.2. The molecule has 0 saturated carbocycles. The smallest absolute Gasteiger partial charge is 0.243 e. The summed E-state index contributed by atoms with van der Waals surface area (Å²) >= 11 is 0. The summed E-state index contributed by atoms with van der Waals surface area (Å²) in [6, 6.07) is 13.8. The standard InChI is InChI=1S/C23H28N2O4S/c1-16(2)18-6-10-22(11-7-18)30(28,29)25-14-12-20(13-15-25)23(27)24-21-8-4-19(5-9-21)17(3)26/h4-11,16,20H,12-15H2,1-3H3,(H,24,27). The van der Waals surface area contributed by atoms with Gasteiger partial charge in [0.15, 0.2) is 5.78 Å². The quantitative estimate of drug-likeness (QED) is 0.704. The summed E-state index contributed by atoms with van der Waals surface area (Å²) < 4.78 is 27.3. The minimum Gasteiger partial charge on any atom is -0.326 e. The van der Waals surface area contributed by atoms with Crippen LogP contribution >= 0.6 is 0 Å². The third-order valence-electron chi connectivity index (χ3n) is 5.57. The Morgan fingerprint density at radius 3 is 2.03 bits per heavy atom. The molecule has 1 aliphatic heterocycles. The Kier molecular flexibility index (Phi) is 6.73. The highest BCUT2D eigenvalue weighted by Gasteiger charge is 2.32. The van der Waals surface area contributed by atoms with Crippen molar-refractivity contribution >= 4 is 27.4 Å². The molecular weight excluding hydrogens is 400 g/mol. The highest BCUT2D eigenvalue weighted by atomic mass is 32.2. The van der Waals surface area contributed by atoms with E-state index in [0.29, 0.717) is 48.0 Å². The number of ketones is 1. The van der Waals surface area contributed by atoms with Gasteiger partial charge in [-0.25, -0.2) is 8.42 Å². The van der Waals surface area contributed by atoms with Crippen molar-refractivity contribution in [1.29, 1.82) is 0 Å². The van der Waals surface area contributed by atoms with Crippen LogP contribution in [0.25, 0.3) is 0 Å². The first kappa shape index (κ1) is 22.2. The molecule has 0 spiro atoms. The molecule has 0 unspecified atom stereocenters. The average molecular weight is 429 g/mol. The molecule has 1 fully saturated rings. The zero-order chi connectivity index (χ0) is 21.9. The van der Waals surface area contributed by atoms with Crippen molar-refractivity contribution in [3.63, 3.8) is 0 Å². The lowest BCUT2D eigenvalue weighted by Crippen LogP contribution is -2.41. The molecule has 1 heterocycles. The van der Waals surface area contributed by atoms with Gasteiger partial charge in [0.2, 0.25) is 15.9 Å². The van der Waals surface area contributed by atoms with E-state index in [4.69, 9.17) is 0 Å². The summed E-state index contributed by atoms with van der Waals surface area (Å²) in [7, 11) is -3.56. The van der Waals surface area contributed by atoms with Crippen molar-refractivity contribution in [1.82, 2.24) is 4.31 Å². The van der Waals surface area contributed by atoms with Crippen LogP contribution in [0.15, 0.2) is 53.4 Å². The van der Waals surface area contributed by atoms with Crippen molar-refractivity contribution < 1.29 is 18.0 Å². The fourth-order valence-corrected chi connectivity index (χ4v) is 5.03. The first-order valence-corrected chi connectivity index (χ1v) is 11.6. The van der Waals surface area contributed by atoms with Gasteiger partial charge in [0.25, 0.3) is 0 Å². The second kappa shape index (κ2) is 9.10. The fraction of sp³-hybridized carbons (Fsp3) is 0.391. The van der Waals surface area contributed by atoms with Gasteiger partial charge in [0, 0.05) is 30.3 Å². The number of hydrogen-bond acceptors (Lipinski definition) is 4. The Bertz CT molecular complexity index is 1000. The average Bonchev–Trinajstić information content (AvgIpc) is 2.74. The number of benzene rings is 2. The third-order valence-corrected chi connectivity index (χ3v) is 7.48. The number of Topliss-reactive ketones (excluding diaryl/α,β-unsaturated/α-hetero) is 1. The number of hydrogen-bond donors (Lipinski definition) is 1. The van der Waals surface area contributed by atoms with Crippen molar-refractivity contribution in [3.05, 3.63) is 59.7 Å². The molecule has 0 aliphatic carbocycles. The van der Waals surface area contributed by atoms with E-state index in [2.05, 4.69) is 19.2 Å². The molecular formula is C23H28N2O4S. The summed E-state index contributed by atoms with van der Waals surface area (Å²) in [5, 5.41) is 2.86. The van der Waals surface area contributed by atoms with E-state index in [1.165, 1.54) is 11.2 Å². The Balaban J connectivity index is 1.59. The van der Waals surface area contributed by atoms with Gasteiger partial charge in [-0.2, -0.15) is 4.31 Å². The molecule has 0 aromatic heterocycles. The molecule has 1 saturated heterocycles. The summed E-state index contributed by atoms with van der Waals surface area (Å²) in [6.07, 6.45) is 0.946. The van der Waals surface area contributed by atoms with E-state index in [-0.39, 0.29) is 17.6 Å². The molecule has 1 amide bonds. The number of nitrogens with one attached hydrogen (secondary N) is 1. The highest BCUT2D eigenvalue weighted by Crippen LogP contribution is 2.26. The molecule has 2 aromatic carbocycles. The first-order valence-electron chi connectivity index (χ1n) is 10.2. The second-order valence-corrected chi connectivity index (χ2v) is 9.96. The van der Waals surface area contributed by atoms with Gasteiger partial charge in [-0.05, 0) is 67.6 Å². The Labute approximate surface area is 178 Å². The predicted octanol–water partition coefficient (Wildman–Crippen LogP) is 4.05. The van der Waals surface area contributed by atoms with Gasteiger partial charge in [0.05, 0.1) is 4.90 Å². The zero-order valence-electron chi connectivity index (χ0n) is 17.6. The van der Waals surface area contributed by atoms with Crippen molar-refractivity contribution in [2.75, 3.05) is 18.4 Å². The SMILES string of the molecule is CC(=O)c1ccc(NC(=O)C2CCN(S(=O)(=O)c3ccc(C(C)C)cc3)CC2)cc1. The normalized spacial score (nSPS) is 15.9. The highest BCUT2D eigenvalue weighted by molar-refractivity contribution is 7.89. The van der Waals surface area contributed by atoms with E-state index in [9.17, 15) is 18.0 Å². The summed E-state index contributed by atoms with van der Waals surface area (Å²) in [4.78, 5) is 24.2. The zero-order valence-corrected chi connectivity index (χ0v) is 18.4. The van der Waals surface area contributed by atoms with Crippen LogP contribution in [0.1, 0.15) is 55.5 Å². The van der Waals surface area contributed by atoms with E-state index in [1.54, 1.807) is 36.4 Å². The maximum atomic E-state index is 12.9. The van der Waals surface area contributed by atoms with Crippen LogP contribution in [-0.2, 0) is 14.8 Å². The summed E-state index contributed by atoms with van der Waals surface area (Å²) in [5.41, 5.74) is 2.32. The van der Waals surface area contributed by atoms with Gasteiger partial charge < -0.3 is 5.32 Å². The van der Waals surface area contributed by atoms with Crippen LogP contribution < -0.4 is 5.32 Å². The van der Waals surface area contributed by atoms with Gasteiger partial charge in [0.1, 0.15) is 0 Å². The van der Waals surface area contributed by atoms with E-state index >= 15 is 0 Å². The minimum absolute atomic E-state index is 0.0275. The maximum absolute atomic E-state index is 12.9. The van der Waals surface area contributed by atoms with Crippen LogP contribution in [-0.4, -0.2) is 37.5 Å². The third kappa shape index (κ3) is 4.96. The number of carbonyl (C=O) groups is 2. The molecule has 0 radical (unpaired) electrons. The van der Waals surface area contributed by atoms with Gasteiger partial charge in [-0.15, -0.1) is 0 Å². The number of carbonyl (C=O) groups excluding carboxylic acids is 2. The molecule has 7 heteroatoms. The number of piperidine rings is 1. The molecule has 0 bridgehead atoms. The number of nitrogens with zero attached hydrogens (tertiary/aromatic N) is 1. The van der Waals surface area contributed by atoms with Crippen molar-refractivity contribution in [2.45, 2.75) is 44.4 Å². The van der Waals surface area contributed by atoms with Gasteiger partial charge in [-0.3, -0.25) is 9.59 Å². The van der Waals surface area contributed by atoms with Crippen LogP contribution in [0.5, 0.6) is 0 Å². The van der Waals surface area contributed by atoms with E-state index in [1.807, 2.05) is 12.1 Å². The largest absolute Gasteiger partial charge is 0.326 e. The Morgan fingerprint density at radius 2 is 1.53 bits per heavy atom. The minimum atomic E-state index is -3.56. The van der Waals surface area contributed by atoms with Crippen LogP contribution in [0.2, 0.25) is 0 Å². The molecule has 160 valence electrons. The molecule has 0 atom stereocenters. The maximum Gasteiger partial charge on any atom is 0.243 e. The molecule has 3 rings (SSSR count). The fourth-order valence-electron chi connectivity index (χ4n) is 3.56. The number of sulfonamides is 1. The lowest BCUT2D eigenvalue weighted by molar-refractivity contribution is -0.120. The summed E-state index contributed by atoms with van der Waals surface area (Å²) in [5.74, 6) is -0.0499. The lowest BCUT2D eigenvalue weighted by atomic mass is 9.97. The van der Waals surface area contributed by atoms with Gasteiger partial charge >= 0.3 is 0 Å². The molecule has 30 heavy (non-hydrogen) atoms. The number of anilines is 1.